The third-order valence-electron chi connectivity index (χ3n) is 7.40. The van der Waals surface area contributed by atoms with E-state index in [4.69, 9.17) is 4.74 Å². The van der Waals surface area contributed by atoms with E-state index in [1.807, 2.05) is 48.5 Å². The number of hydrogen-bond acceptors (Lipinski definition) is 5. The fourth-order valence-corrected chi connectivity index (χ4v) is 6.17. The van der Waals surface area contributed by atoms with E-state index < -0.39 is 29.1 Å². The Morgan fingerprint density at radius 1 is 0.909 bits per heavy atom. The third kappa shape index (κ3) is 2.27. The molecule has 1 heterocycles. The number of amides is 2. The molecule has 4 aliphatic rings. The Kier molecular flexibility index (Phi) is 3.99. The normalized spacial score (nSPS) is 26.5. The number of carbonyl (C=O) groups is 4. The first-order chi connectivity index (χ1) is 16.0. The zero-order valence-electron chi connectivity index (χ0n) is 17.7. The van der Waals surface area contributed by atoms with Crippen molar-refractivity contribution < 1.29 is 23.9 Å². The van der Waals surface area contributed by atoms with Crippen LogP contribution in [-0.4, -0.2) is 31.2 Å². The van der Waals surface area contributed by atoms with Crippen LogP contribution in [0.3, 0.4) is 0 Å². The zero-order valence-corrected chi connectivity index (χ0v) is 17.7. The quantitative estimate of drug-likeness (QED) is 0.357. The Morgan fingerprint density at radius 3 is 2.15 bits per heavy atom. The van der Waals surface area contributed by atoms with Gasteiger partial charge in [0.15, 0.2) is 0 Å². The number of nitrogens with zero attached hydrogens (tertiary/aromatic N) is 1. The molecule has 0 unspecified atom stereocenters. The highest BCUT2D eigenvalue weighted by molar-refractivity contribution is 6.25. The minimum absolute atomic E-state index is 0.241. The molecule has 3 aromatic carbocycles. The molecular weight excluding hydrogens is 418 g/mol. The molecule has 2 bridgehead atoms. The molecule has 2 amide bonds. The van der Waals surface area contributed by atoms with E-state index in [1.54, 1.807) is 18.2 Å². The van der Waals surface area contributed by atoms with Gasteiger partial charge < -0.3 is 9.53 Å². The number of carbonyl (C=O) groups excluding carboxylic acids is 4. The van der Waals surface area contributed by atoms with Gasteiger partial charge in [0, 0.05) is 5.92 Å². The van der Waals surface area contributed by atoms with Crippen LogP contribution in [0.4, 0.5) is 5.69 Å². The SMILES string of the molecule is COC(=O)c1cccc(N2C(=O)[C@@H]3[C@@H](C2=O)C2c4ccccc4C3(C=O)c3ccccc32)c1. The Hall–Kier alpha value is -4.06. The van der Waals surface area contributed by atoms with Gasteiger partial charge in [-0.1, -0.05) is 54.6 Å². The summed E-state index contributed by atoms with van der Waals surface area (Å²) >= 11 is 0. The Bertz CT molecular complexity index is 1330. The van der Waals surface area contributed by atoms with E-state index in [0.717, 1.165) is 33.4 Å². The number of esters is 1. The standard InChI is InChI=1S/C27H19NO5/c1-33-26(32)15-7-6-8-16(13-15)28-24(30)22-21-17-9-2-4-11-19(17)27(14-29,23(22)25(28)31)20-12-5-3-10-18(20)21/h2-14,21-23H,1H3/t21?,22-,23-,27?/m0/s1. The van der Waals surface area contributed by atoms with Crippen molar-refractivity contribution in [3.63, 3.8) is 0 Å². The number of hydrogen-bond donors (Lipinski definition) is 0. The van der Waals surface area contributed by atoms with Gasteiger partial charge in [-0.3, -0.25) is 9.59 Å². The predicted molar refractivity (Wildman–Crippen MR) is 119 cm³/mol. The maximum absolute atomic E-state index is 13.9. The van der Waals surface area contributed by atoms with Gasteiger partial charge in [0.1, 0.15) is 6.29 Å². The van der Waals surface area contributed by atoms with Crippen LogP contribution in [0, 0.1) is 11.8 Å². The van der Waals surface area contributed by atoms with Crippen molar-refractivity contribution in [2.45, 2.75) is 11.3 Å². The summed E-state index contributed by atoms with van der Waals surface area (Å²) in [5, 5.41) is 0. The van der Waals surface area contributed by atoms with Gasteiger partial charge in [-0.15, -0.1) is 0 Å². The first-order valence-electron chi connectivity index (χ1n) is 10.8. The van der Waals surface area contributed by atoms with Gasteiger partial charge >= 0.3 is 5.97 Å². The second-order valence-corrected chi connectivity index (χ2v) is 8.70. The van der Waals surface area contributed by atoms with E-state index in [9.17, 15) is 19.2 Å². The molecule has 7 rings (SSSR count). The summed E-state index contributed by atoms with van der Waals surface area (Å²) < 4.78 is 4.79. The Labute approximate surface area is 189 Å². The molecule has 0 N–H and O–H groups in total. The lowest BCUT2D eigenvalue weighted by atomic mass is 9.48. The second kappa shape index (κ2) is 6.72. The number of ether oxygens (including phenoxy) is 1. The number of benzene rings is 3. The minimum Gasteiger partial charge on any atom is -0.465 e. The molecule has 1 fully saturated rings. The second-order valence-electron chi connectivity index (χ2n) is 8.70. The van der Waals surface area contributed by atoms with Crippen molar-refractivity contribution in [3.05, 3.63) is 101 Å². The fraction of sp³-hybridized carbons (Fsp3) is 0.185. The molecule has 1 aliphatic heterocycles. The molecule has 2 atom stereocenters. The lowest BCUT2D eigenvalue weighted by Crippen LogP contribution is -2.54. The highest BCUT2D eigenvalue weighted by atomic mass is 16.5. The maximum Gasteiger partial charge on any atom is 0.337 e. The van der Waals surface area contributed by atoms with Crippen molar-refractivity contribution in [1.82, 2.24) is 0 Å². The molecular formula is C27H19NO5. The van der Waals surface area contributed by atoms with Crippen LogP contribution in [0.2, 0.25) is 0 Å². The lowest BCUT2D eigenvalue weighted by Gasteiger charge is -2.51. The van der Waals surface area contributed by atoms with Crippen molar-refractivity contribution >= 4 is 29.8 Å². The molecule has 0 spiro atoms. The van der Waals surface area contributed by atoms with Crippen LogP contribution in [0.15, 0.2) is 72.8 Å². The summed E-state index contributed by atoms with van der Waals surface area (Å²) in [5.41, 5.74) is 2.70. The first-order valence-corrected chi connectivity index (χ1v) is 10.8. The molecule has 6 heteroatoms. The molecule has 3 aromatic rings. The average Bonchev–Trinajstić information content (AvgIpc) is 3.14. The van der Waals surface area contributed by atoms with Crippen LogP contribution in [-0.2, 0) is 24.5 Å². The summed E-state index contributed by atoms with van der Waals surface area (Å²) in [5.74, 6) is -3.21. The van der Waals surface area contributed by atoms with Crippen molar-refractivity contribution in [1.29, 1.82) is 0 Å². The van der Waals surface area contributed by atoms with Gasteiger partial charge in [-0.25, -0.2) is 9.69 Å². The van der Waals surface area contributed by atoms with Crippen molar-refractivity contribution in [2.75, 3.05) is 12.0 Å². The summed E-state index contributed by atoms with van der Waals surface area (Å²) in [7, 11) is 1.27. The predicted octanol–water partition coefficient (Wildman–Crippen LogP) is 3.22. The summed E-state index contributed by atoms with van der Waals surface area (Å²) in [6.45, 7) is 0. The van der Waals surface area contributed by atoms with Gasteiger partial charge in [0.05, 0.1) is 35.6 Å². The van der Waals surface area contributed by atoms with E-state index >= 15 is 0 Å². The van der Waals surface area contributed by atoms with E-state index in [0.29, 0.717) is 5.69 Å². The molecule has 6 nitrogen and oxygen atoms in total. The van der Waals surface area contributed by atoms with E-state index in [-0.39, 0.29) is 17.4 Å². The third-order valence-corrected chi connectivity index (χ3v) is 7.40. The summed E-state index contributed by atoms with van der Waals surface area (Å²) in [6.07, 6.45) is 0.845. The van der Waals surface area contributed by atoms with Crippen LogP contribution >= 0.6 is 0 Å². The van der Waals surface area contributed by atoms with Crippen molar-refractivity contribution in [3.8, 4) is 0 Å². The molecule has 0 saturated carbocycles. The number of methoxy groups -OCH3 is 1. The first kappa shape index (κ1) is 19.6. The lowest BCUT2D eigenvalue weighted by molar-refractivity contribution is -0.128. The number of anilines is 1. The fourth-order valence-electron chi connectivity index (χ4n) is 6.17. The molecule has 0 radical (unpaired) electrons. The largest absolute Gasteiger partial charge is 0.465 e. The highest BCUT2D eigenvalue weighted by Gasteiger charge is 2.68. The van der Waals surface area contributed by atoms with Crippen LogP contribution in [0.25, 0.3) is 0 Å². The number of rotatable bonds is 3. The van der Waals surface area contributed by atoms with Crippen LogP contribution in [0.1, 0.15) is 38.5 Å². The Morgan fingerprint density at radius 2 is 1.55 bits per heavy atom. The van der Waals surface area contributed by atoms with Gasteiger partial charge in [-0.2, -0.15) is 0 Å². The number of imide groups is 1. The maximum atomic E-state index is 13.9. The monoisotopic (exact) mass is 437 g/mol. The average molecular weight is 437 g/mol. The topological polar surface area (TPSA) is 80.8 Å². The minimum atomic E-state index is -1.24. The van der Waals surface area contributed by atoms with Gasteiger partial charge in [-0.05, 0) is 40.5 Å². The van der Waals surface area contributed by atoms with Gasteiger partial charge in [0.2, 0.25) is 11.8 Å². The molecule has 33 heavy (non-hydrogen) atoms. The van der Waals surface area contributed by atoms with E-state index in [2.05, 4.69) is 0 Å². The molecule has 1 saturated heterocycles. The van der Waals surface area contributed by atoms with E-state index in [1.165, 1.54) is 13.2 Å². The molecule has 162 valence electrons. The smallest absolute Gasteiger partial charge is 0.337 e. The summed E-state index contributed by atoms with van der Waals surface area (Å²) in [6, 6.07) is 21.5. The van der Waals surface area contributed by atoms with Crippen molar-refractivity contribution in [2.24, 2.45) is 11.8 Å². The van der Waals surface area contributed by atoms with Gasteiger partial charge in [0.25, 0.3) is 0 Å². The van der Waals surface area contributed by atoms with Crippen LogP contribution in [0.5, 0.6) is 0 Å². The highest BCUT2D eigenvalue weighted by Crippen LogP contribution is 2.63. The summed E-state index contributed by atoms with van der Waals surface area (Å²) in [4.78, 5) is 53.9. The molecule has 0 aromatic heterocycles. The molecule has 3 aliphatic carbocycles. The van der Waals surface area contributed by atoms with Crippen LogP contribution < -0.4 is 4.90 Å². The number of aldehydes is 1. The zero-order chi connectivity index (χ0) is 22.9. The Balaban J connectivity index is 1.58.